The first-order chi connectivity index (χ1) is 9.56. The molecule has 1 aromatic carbocycles. The fourth-order valence-electron chi connectivity index (χ4n) is 1.97. The van der Waals surface area contributed by atoms with Crippen molar-refractivity contribution in [1.29, 1.82) is 0 Å². The molecular weight excluding hydrogens is 282 g/mol. The predicted octanol–water partition coefficient (Wildman–Crippen LogP) is 1.44. The Balaban J connectivity index is 2.05. The zero-order valence-corrected chi connectivity index (χ0v) is 11.7. The van der Waals surface area contributed by atoms with E-state index in [0.29, 0.717) is 18.5 Å². The van der Waals surface area contributed by atoms with E-state index in [2.05, 4.69) is 5.43 Å². The molecule has 0 bridgehead atoms. The minimum absolute atomic E-state index is 0.0256. The molecule has 8 heteroatoms. The van der Waals surface area contributed by atoms with E-state index in [0.717, 1.165) is 25.1 Å². The van der Waals surface area contributed by atoms with Gasteiger partial charge in [0.1, 0.15) is 5.69 Å². The molecule has 1 saturated heterocycles. The minimum atomic E-state index is -2.06. The second-order valence-corrected chi connectivity index (χ2v) is 5.69. The number of hydrogen-bond acceptors (Lipinski definition) is 6. The van der Waals surface area contributed by atoms with Gasteiger partial charge in [-0.25, -0.2) is 5.01 Å². The van der Waals surface area contributed by atoms with Gasteiger partial charge in [0.15, 0.2) is 0 Å². The molecule has 2 rings (SSSR count). The standard InChI is InChI=1S/C12H17N3O4S/c16-15(17)12-9-10(3-1-8-20(18)19)4-5-11(12)13-14-6-2-7-14/h4-5,9,13H,1-3,6-8H2,(H,18,19)/p-1. The Kier molecular flexibility index (Phi) is 5.05. The molecule has 110 valence electrons. The van der Waals surface area contributed by atoms with Crippen LogP contribution in [0.25, 0.3) is 0 Å². The van der Waals surface area contributed by atoms with E-state index in [-0.39, 0.29) is 11.4 Å². The van der Waals surface area contributed by atoms with Crippen LogP contribution >= 0.6 is 0 Å². The number of benzene rings is 1. The van der Waals surface area contributed by atoms with Crippen molar-refractivity contribution in [2.24, 2.45) is 0 Å². The van der Waals surface area contributed by atoms with Gasteiger partial charge in [-0.3, -0.25) is 14.3 Å². The van der Waals surface area contributed by atoms with Gasteiger partial charge in [0, 0.05) is 24.9 Å². The molecule has 0 saturated carbocycles. The molecule has 0 aromatic heterocycles. The molecular formula is C12H16N3O4S-. The minimum Gasteiger partial charge on any atom is -0.772 e. The smallest absolute Gasteiger partial charge is 0.293 e. The third-order valence-electron chi connectivity index (χ3n) is 3.17. The molecule has 1 aliphatic heterocycles. The monoisotopic (exact) mass is 298 g/mol. The van der Waals surface area contributed by atoms with E-state index >= 15 is 0 Å². The molecule has 1 atom stereocenters. The van der Waals surface area contributed by atoms with Gasteiger partial charge >= 0.3 is 0 Å². The lowest BCUT2D eigenvalue weighted by Crippen LogP contribution is -2.41. The molecule has 1 aromatic rings. The number of hydrazine groups is 1. The number of aryl methyl sites for hydroxylation is 1. The second-order valence-electron chi connectivity index (χ2n) is 4.67. The summed E-state index contributed by atoms with van der Waals surface area (Å²) in [7, 11) is 0. The highest BCUT2D eigenvalue weighted by Gasteiger charge is 2.19. The summed E-state index contributed by atoms with van der Waals surface area (Å²) < 4.78 is 20.9. The topological polar surface area (TPSA) is 98.5 Å². The van der Waals surface area contributed by atoms with Crippen LogP contribution in [-0.2, 0) is 17.5 Å². The summed E-state index contributed by atoms with van der Waals surface area (Å²) in [5.74, 6) is 0.0710. The molecule has 0 aliphatic carbocycles. The van der Waals surface area contributed by atoms with Gasteiger partial charge in [-0.05, 0) is 30.9 Å². The first kappa shape index (κ1) is 14.9. The maximum absolute atomic E-state index is 11.1. The van der Waals surface area contributed by atoms with Crippen LogP contribution in [0.5, 0.6) is 0 Å². The van der Waals surface area contributed by atoms with Crippen molar-refractivity contribution < 1.29 is 13.7 Å². The summed E-state index contributed by atoms with van der Waals surface area (Å²) in [5.41, 5.74) is 4.30. The number of nitrogens with zero attached hydrogens (tertiary/aromatic N) is 2. The molecule has 1 unspecified atom stereocenters. The van der Waals surface area contributed by atoms with Gasteiger partial charge in [-0.1, -0.05) is 17.1 Å². The van der Waals surface area contributed by atoms with E-state index < -0.39 is 16.0 Å². The number of nitro groups is 1. The Labute approximate surface area is 119 Å². The van der Waals surface area contributed by atoms with Crippen LogP contribution in [-0.4, -0.2) is 37.5 Å². The molecule has 0 radical (unpaired) electrons. The molecule has 0 spiro atoms. The van der Waals surface area contributed by atoms with Crippen molar-refractivity contribution in [2.45, 2.75) is 19.3 Å². The maximum Gasteiger partial charge on any atom is 0.293 e. The van der Waals surface area contributed by atoms with E-state index in [1.54, 1.807) is 12.1 Å². The van der Waals surface area contributed by atoms with Gasteiger partial charge in [0.25, 0.3) is 5.69 Å². The Morgan fingerprint density at radius 2 is 2.15 bits per heavy atom. The Morgan fingerprint density at radius 1 is 1.40 bits per heavy atom. The molecule has 7 nitrogen and oxygen atoms in total. The number of anilines is 1. The quantitative estimate of drug-likeness (QED) is 0.464. The first-order valence-corrected chi connectivity index (χ1v) is 7.65. The highest BCUT2D eigenvalue weighted by Crippen LogP contribution is 2.27. The number of hydrogen-bond donors (Lipinski definition) is 1. The van der Waals surface area contributed by atoms with Crippen molar-refractivity contribution in [3.05, 3.63) is 33.9 Å². The average Bonchev–Trinajstić information content (AvgIpc) is 2.34. The molecule has 1 N–H and O–H groups in total. The molecule has 0 amide bonds. The highest BCUT2D eigenvalue weighted by atomic mass is 32.2. The lowest BCUT2D eigenvalue weighted by Gasteiger charge is -2.31. The first-order valence-electron chi connectivity index (χ1n) is 6.41. The normalized spacial score (nSPS) is 16.4. The van der Waals surface area contributed by atoms with Crippen molar-refractivity contribution in [3.8, 4) is 0 Å². The predicted molar refractivity (Wildman–Crippen MR) is 75.0 cm³/mol. The number of rotatable bonds is 7. The van der Waals surface area contributed by atoms with E-state index in [4.69, 9.17) is 0 Å². The second kappa shape index (κ2) is 6.78. The van der Waals surface area contributed by atoms with Crippen LogP contribution in [0.15, 0.2) is 18.2 Å². The highest BCUT2D eigenvalue weighted by molar-refractivity contribution is 7.79. The van der Waals surface area contributed by atoms with Gasteiger partial charge < -0.3 is 9.98 Å². The number of nitro benzene ring substituents is 1. The zero-order chi connectivity index (χ0) is 14.5. The molecule has 1 fully saturated rings. The largest absolute Gasteiger partial charge is 0.772 e. The summed E-state index contributed by atoms with van der Waals surface area (Å²) in [6.45, 7) is 1.77. The van der Waals surface area contributed by atoms with Gasteiger partial charge in [-0.15, -0.1) is 0 Å². The lowest BCUT2D eigenvalue weighted by molar-refractivity contribution is -0.384. The SMILES string of the molecule is O=[N+]([O-])c1cc(CCCS(=O)[O-])ccc1NN1CCC1. The lowest BCUT2D eigenvalue weighted by atomic mass is 10.1. The van der Waals surface area contributed by atoms with Crippen molar-refractivity contribution in [2.75, 3.05) is 24.3 Å². The van der Waals surface area contributed by atoms with Gasteiger partial charge in [0.05, 0.1) is 4.92 Å². The fraction of sp³-hybridized carbons (Fsp3) is 0.500. The van der Waals surface area contributed by atoms with Crippen molar-refractivity contribution >= 4 is 22.5 Å². The van der Waals surface area contributed by atoms with E-state index in [1.165, 1.54) is 6.07 Å². The Morgan fingerprint density at radius 3 is 2.70 bits per heavy atom. The summed E-state index contributed by atoms with van der Waals surface area (Å²) in [6.07, 6.45) is 2.07. The third-order valence-corrected chi connectivity index (χ3v) is 3.79. The van der Waals surface area contributed by atoms with Gasteiger partial charge in [0.2, 0.25) is 0 Å². The third kappa shape index (κ3) is 3.99. The van der Waals surface area contributed by atoms with E-state index in [9.17, 15) is 18.9 Å². The fourth-order valence-corrected chi connectivity index (χ4v) is 2.35. The molecule has 1 aliphatic rings. The van der Waals surface area contributed by atoms with Crippen LogP contribution in [0.3, 0.4) is 0 Å². The van der Waals surface area contributed by atoms with E-state index in [1.807, 2.05) is 5.01 Å². The maximum atomic E-state index is 11.1. The van der Waals surface area contributed by atoms with Crippen LogP contribution in [0.4, 0.5) is 11.4 Å². The van der Waals surface area contributed by atoms with Crippen molar-refractivity contribution in [1.82, 2.24) is 5.01 Å². The summed E-state index contributed by atoms with van der Waals surface area (Å²) in [5, 5.41) is 13.0. The van der Waals surface area contributed by atoms with Gasteiger partial charge in [-0.2, -0.15) is 0 Å². The van der Waals surface area contributed by atoms with Crippen LogP contribution in [0, 0.1) is 10.1 Å². The molecule has 20 heavy (non-hydrogen) atoms. The molecule has 1 heterocycles. The summed E-state index contributed by atoms with van der Waals surface area (Å²) in [4.78, 5) is 10.7. The average molecular weight is 298 g/mol. The van der Waals surface area contributed by atoms with Crippen LogP contribution < -0.4 is 5.43 Å². The van der Waals surface area contributed by atoms with Crippen LogP contribution in [0.1, 0.15) is 18.4 Å². The van der Waals surface area contributed by atoms with Crippen molar-refractivity contribution in [3.63, 3.8) is 0 Å². The number of nitrogens with one attached hydrogen (secondary N) is 1. The summed E-state index contributed by atoms with van der Waals surface area (Å²) in [6, 6.07) is 4.98. The zero-order valence-electron chi connectivity index (χ0n) is 10.9. The Hall–Kier alpha value is -1.51. The van der Waals surface area contributed by atoms with Crippen LogP contribution in [0.2, 0.25) is 0 Å². The summed E-state index contributed by atoms with van der Waals surface area (Å²) >= 11 is -2.06. The Bertz CT molecular complexity index is 519.